The topological polar surface area (TPSA) is 63.4 Å². The van der Waals surface area contributed by atoms with Crippen LogP contribution in [-0.2, 0) is 10.0 Å². The van der Waals surface area contributed by atoms with Crippen LogP contribution in [0, 0.1) is 5.92 Å². The highest BCUT2D eigenvalue weighted by atomic mass is 35.5. The van der Waals surface area contributed by atoms with Gasteiger partial charge in [0.05, 0.1) is 5.69 Å². The van der Waals surface area contributed by atoms with Gasteiger partial charge >= 0.3 is 0 Å². The fourth-order valence-electron chi connectivity index (χ4n) is 1.53. The van der Waals surface area contributed by atoms with Gasteiger partial charge in [-0.3, -0.25) is 0 Å². The predicted octanol–water partition coefficient (Wildman–Crippen LogP) is 2.59. The minimum atomic E-state index is -3.61. The molecule has 2 N–H and O–H groups in total. The average Bonchev–Trinajstić information content (AvgIpc) is 2.29. The van der Waals surface area contributed by atoms with E-state index in [0.717, 1.165) is 0 Å². The van der Waals surface area contributed by atoms with Crippen LogP contribution in [-0.4, -0.2) is 25.8 Å². The van der Waals surface area contributed by atoms with Gasteiger partial charge in [0.1, 0.15) is 4.90 Å². The summed E-state index contributed by atoms with van der Waals surface area (Å²) in [6, 6.07) is 4.34. The summed E-state index contributed by atoms with van der Waals surface area (Å²) >= 11 is 5.83. The zero-order valence-corrected chi connectivity index (χ0v) is 12.6. The van der Waals surface area contributed by atoms with E-state index in [9.17, 15) is 8.42 Å². The second-order valence-corrected chi connectivity index (χ2v) is 7.09. The van der Waals surface area contributed by atoms with Crippen molar-refractivity contribution < 1.29 is 8.42 Å². The largest absolute Gasteiger partial charge is 0.398 e. The molecule has 0 heterocycles. The molecule has 1 rings (SSSR count). The lowest BCUT2D eigenvalue weighted by molar-refractivity contribution is 0.316. The molecule has 0 aliphatic carbocycles. The first-order valence-electron chi connectivity index (χ1n) is 5.71. The summed E-state index contributed by atoms with van der Waals surface area (Å²) < 4.78 is 26.2. The van der Waals surface area contributed by atoms with Crippen LogP contribution in [0.25, 0.3) is 0 Å². The molecule has 0 radical (unpaired) electrons. The zero-order chi connectivity index (χ0) is 14.1. The van der Waals surface area contributed by atoms with Gasteiger partial charge in [-0.25, -0.2) is 8.42 Å². The number of hydrogen-bond acceptors (Lipinski definition) is 3. The molecule has 18 heavy (non-hydrogen) atoms. The van der Waals surface area contributed by atoms with Gasteiger partial charge in [-0.05, 0) is 31.0 Å². The first kappa shape index (κ1) is 15.3. The molecule has 0 amide bonds. The lowest BCUT2D eigenvalue weighted by Crippen LogP contribution is -2.38. The number of hydrogen-bond donors (Lipinski definition) is 1. The summed E-state index contributed by atoms with van der Waals surface area (Å²) in [5.41, 5.74) is 5.94. The van der Waals surface area contributed by atoms with Crippen LogP contribution in [0.1, 0.15) is 20.8 Å². The maximum Gasteiger partial charge on any atom is 0.245 e. The molecule has 0 spiro atoms. The van der Waals surface area contributed by atoms with Crippen LogP contribution >= 0.6 is 11.6 Å². The normalized spacial score (nSPS) is 14.2. The fraction of sp³-hybridized carbons (Fsp3) is 0.500. The Balaban J connectivity index is 3.25. The molecule has 0 saturated heterocycles. The van der Waals surface area contributed by atoms with E-state index in [0.29, 0.717) is 5.02 Å². The first-order chi connectivity index (χ1) is 8.17. The van der Waals surface area contributed by atoms with E-state index < -0.39 is 10.0 Å². The number of anilines is 1. The second kappa shape index (κ2) is 5.47. The summed E-state index contributed by atoms with van der Waals surface area (Å²) in [5.74, 6) is 0.213. The van der Waals surface area contributed by atoms with Gasteiger partial charge in [0.2, 0.25) is 10.0 Å². The van der Waals surface area contributed by atoms with Crippen LogP contribution in [0.2, 0.25) is 5.02 Å². The molecule has 0 bridgehead atoms. The standard InChI is InChI=1S/C12H19ClN2O2S/c1-8(2)9(3)15(4)18(16,17)12-7-10(13)5-6-11(12)14/h5-9H,14H2,1-4H3. The Hall–Kier alpha value is -0.780. The second-order valence-electron chi connectivity index (χ2n) is 4.69. The first-order valence-corrected chi connectivity index (χ1v) is 7.52. The van der Waals surface area contributed by atoms with E-state index in [1.807, 2.05) is 20.8 Å². The van der Waals surface area contributed by atoms with Crippen molar-refractivity contribution in [2.75, 3.05) is 12.8 Å². The lowest BCUT2D eigenvalue weighted by atomic mass is 10.1. The number of nitrogen functional groups attached to an aromatic ring is 1. The molecular formula is C12H19ClN2O2S. The molecular weight excluding hydrogens is 272 g/mol. The maximum absolute atomic E-state index is 12.4. The van der Waals surface area contributed by atoms with Crippen molar-refractivity contribution >= 4 is 27.3 Å². The van der Waals surface area contributed by atoms with E-state index in [4.69, 9.17) is 17.3 Å². The highest BCUT2D eigenvalue weighted by molar-refractivity contribution is 7.89. The summed E-state index contributed by atoms with van der Waals surface area (Å²) in [6.45, 7) is 5.80. The molecule has 0 aliphatic heterocycles. The Labute approximate surface area is 114 Å². The van der Waals surface area contributed by atoms with Crippen LogP contribution in [0.3, 0.4) is 0 Å². The minimum Gasteiger partial charge on any atom is -0.398 e. The van der Waals surface area contributed by atoms with E-state index >= 15 is 0 Å². The smallest absolute Gasteiger partial charge is 0.245 e. The number of rotatable bonds is 4. The maximum atomic E-state index is 12.4. The van der Waals surface area contributed by atoms with Gasteiger partial charge < -0.3 is 5.73 Å². The molecule has 0 fully saturated rings. The van der Waals surface area contributed by atoms with Gasteiger partial charge in [0, 0.05) is 18.1 Å². The van der Waals surface area contributed by atoms with Crippen molar-refractivity contribution in [2.24, 2.45) is 5.92 Å². The summed E-state index contributed by atoms with van der Waals surface area (Å²) in [6.07, 6.45) is 0. The minimum absolute atomic E-state index is 0.0602. The third-order valence-corrected chi connectivity index (χ3v) is 5.41. The molecule has 4 nitrogen and oxygen atoms in total. The van der Waals surface area contributed by atoms with Gasteiger partial charge in [0.25, 0.3) is 0 Å². The van der Waals surface area contributed by atoms with E-state index in [2.05, 4.69) is 0 Å². The van der Waals surface area contributed by atoms with Crippen molar-refractivity contribution in [1.29, 1.82) is 0 Å². The Morgan fingerprint density at radius 1 is 1.28 bits per heavy atom. The van der Waals surface area contributed by atoms with E-state index in [1.165, 1.54) is 16.4 Å². The molecule has 1 aromatic carbocycles. The monoisotopic (exact) mass is 290 g/mol. The Morgan fingerprint density at radius 3 is 2.33 bits per heavy atom. The molecule has 6 heteroatoms. The number of nitrogens with zero attached hydrogens (tertiary/aromatic N) is 1. The lowest BCUT2D eigenvalue weighted by Gasteiger charge is -2.27. The van der Waals surface area contributed by atoms with Crippen molar-refractivity contribution in [3.05, 3.63) is 23.2 Å². The van der Waals surface area contributed by atoms with E-state index in [1.54, 1.807) is 13.1 Å². The molecule has 0 aliphatic rings. The van der Waals surface area contributed by atoms with Crippen LogP contribution in [0.15, 0.2) is 23.1 Å². The Kier molecular flexibility index (Phi) is 4.64. The fourth-order valence-corrected chi connectivity index (χ4v) is 3.40. The van der Waals surface area contributed by atoms with Crippen LogP contribution in [0.4, 0.5) is 5.69 Å². The molecule has 1 atom stereocenters. The van der Waals surface area contributed by atoms with Gasteiger partial charge in [-0.15, -0.1) is 0 Å². The SMILES string of the molecule is CC(C)C(C)N(C)S(=O)(=O)c1cc(Cl)ccc1N. The number of halogens is 1. The summed E-state index contributed by atoms with van der Waals surface area (Å²) in [7, 11) is -2.06. The Morgan fingerprint density at radius 2 is 1.83 bits per heavy atom. The third-order valence-electron chi connectivity index (χ3n) is 3.17. The van der Waals surface area contributed by atoms with Crippen molar-refractivity contribution in [1.82, 2.24) is 4.31 Å². The highest BCUT2D eigenvalue weighted by Gasteiger charge is 2.28. The Bertz CT molecular complexity index is 529. The zero-order valence-electron chi connectivity index (χ0n) is 11.0. The van der Waals surface area contributed by atoms with Crippen molar-refractivity contribution in [3.8, 4) is 0 Å². The van der Waals surface area contributed by atoms with Crippen LogP contribution < -0.4 is 5.73 Å². The third kappa shape index (κ3) is 2.96. The average molecular weight is 291 g/mol. The van der Waals surface area contributed by atoms with Crippen molar-refractivity contribution in [3.63, 3.8) is 0 Å². The van der Waals surface area contributed by atoms with Crippen LogP contribution in [0.5, 0.6) is 0 Å². The summed E-state index contributed by atoms with van der Waals surface area (Å²) in [4.78, 5) is 0.0602. The highest BCUT2D eigenvalue weighted by Crippen LogP contribution is 2.27. The number of sulfonamides is 1. The van der Waals surface area contributed by atoms with Gasteiger partial charge in [-0.1, -0.05) is 25.4 Å². The quantitative estimate of drug-likeness (QED) is 0.867. The predicted molar refractivity (Wildman–Crippen MR) is 75.1 cm³/mol. The van der Waals surface area contributed by atoms with Gasteiger partial charge in [-0.2, -0.15) is 4.31 Å². The number of benzene rings is 1. The molecule has 102 valence electrons. The summed E-state index contributed by atoms with van der Waals surface area (Å²) in [5, 5.41) is 0.355. The van der Waals surface area contributed by atoms with Gasteiger partial charge in [0.15, 0.2) is 0 Å². The number of nitrogens with two attached hydrogens (primary N) is 1. The molecule has 1 unspecified atom stereocenters. The molecule has 0 aromatic heterocycles. The van der Waals surface area contributed by atoms with E-state index in [-0.39, 0.29) is 22.5 Å². The molecule has 0 saturated carbocycles. The van der Waals surface area contributed by atoms with Crippen molar-refractivity contribution in [2.45, 2.75) is 31.7 Å². The molecule has 1 aromatic rings.